The van der Waals surface area contributed by atoms with Crippen molar-refractivity contribution in [3.05, 3.63) is 54.0 Å². The lowest BCUT2D eigenvalue weighted by molar-refractivity contribution is -0.129. The first-order valence-corrected chi connectivity index (χ1v) is 8.48. The molecule has 1 saturated heterocycles. The van der Waals surface area contributed by atoms with Gasteiger partial charge < -0.3 is 15.0 Å². The van der Waals surface area contributed by atoms with Crippen molar-refractivity contribution < 1.29 is 13.9 Å². The van der Waals surface area contributed by atoms with Crippen molar-refractivity contribution in [2.75, 3.05) is 13.1 Å². The van der Waals surface area contributed by atoms with Gasteiger partial charge in [0.15, 0.2) is 11.6 Å². The molecule has 5 nitrogen and oxygen atoms in total. The van der Waals surface area contributed by atoms with Crippen LogP contribution in [0.3, 0.4) is 0 Å². The number of likely N-dealkylation sites (tertiary alicyclic amines) is 1. The number of halogens is 1. The number of nitrogens with one attached hydrogen (secondary N) is 1. The van der Waals surface area contributed by atoms with Gasteiger partial charge in [0.1, 0.15) is 0 Å². The van der Waals surface area contributed by atoms with Crippen LogP contribution in [0.25, 0.3) is 0 Å². The van der Waals surface area contributed by atoms with Gasteiger partial charge in [-0.15, -0.1) is 0 Å². The quantitative estimate of drug-likeness (QED) is 0.906. The summed E-state index contributed by atoms with van der Waals surface area (Å²) in [5.41, 5.74) is 0.875. The number of amides is 1. The van der Waals surface area contributed by atoms with Crippen molar-refractivity contribution in [1.82, 2.24) is 15.2 Å². The van der Waals surface area contributed by atoms with Crippen LogP contribution < -0.4 is 10.1 Å². The predicted octanol–water partition coefficient (Wildman–Crippen LogP) is 3.11. The molecular formula is C19H22FN3O2. The summed E-state index contributed by atoms with van der Waals surface area (Å²) in [7, 11) is 0. The van der Waals surface area contributed by atoms with E-state index in [-0.39, 0.29) is 11.7 Å². The SMILES string of the molecule is CC(=O)N1CCC(NCc2cccnc2Oc2ccccc2F)CC1. The zero-order valence-electron chi connectivity index (χ0n) is 14.2. The molecule has 0 aliphatic carbocycles. The van der Waals surface area contributed by atoms with Crippen LogP contribution in [0.5, 0.6) is 11.6 Å². The number of rotatable bonds is 5. The topological polar surface area (TPSA) is 54.5 Å². The van der Waals surface area contributed by atoms with Crippen molar-refractivity contribution >= 4 is 5.91 Å². The summed E-state index contributed by atoms with van der Waals surface area (Å²) in [4.78, 5) is 17.5. The molecule has 2 heterocycles. The average molecular weight is 343 g/mol. The van der Waals surface area contributed by atoms with Crippen LogP contribution in [-0.2, 0) is 11.3 Å². The second kappa shape index (κ2) is 8.07. The summed E-state index contributed by atoms with van der Waals surface area (Å²) in [6, 6.07) is 10.4. The Labute approximate surface area is 146 Å². The Bertz CT molecular complexity index is 730. The Morgan fingerprint density at radius 2 is 2.04 bits per heavy atom. The maximum Gasteiger partial charge on any atom is 0.223 e. The van der Waals surface area contributed by atoms with Gasteiger partial charge in [-0.1, -0.05) is 18.2 Å². The molecule has 1 aliphatic rings. The first-order valence-electron chi connectivity index (χ1n) is 8.48. The van der Waals surface area contributed by atoms with Crippen molar-refractivity contribution in [3.8, 4) is 11.6 Å². The van der Waals surface area contributed by atoms with Gasteiger partial charge in [-0.05, 0) is 31.0 Å². The minimum Gasteiger partial charge on any atom is -0.436 e. The molecule has 1 aliphatic heterocycles. The van der Waals surface area contributed by atoms with Gasteiger partial charge in [0.25, 0.3) is 0 Å². The van der Waals surface area contributed by atoms with E-state index in [1.807, 2.05) is 17.0 Å². The molecule has 1 aromatic carbocycles. The first kappa shape index (κ1) is 17.4. The van der Waals surface area contributed by atoms with Crippen LogP contribution >= 0.6 is 0 Å². The second-order valence-electron chi connectivity index (χ2n) is 6.16. The lowest BCUT2D eigenvalue weighted by Gasteiger charge is -2.31. The van der Waals surface area contributed by atoms with Crippen molar-refractivity contribution in [3.63, 3.8) is 0 Å². The molecule has 132 valence electrons. The maximum absolute atomic E-state index is 13.8. The fraction of sp³-hybridized carbons (Fsp3) is 0.368. The van der Waals surface area contributed by atoms with E-state index < -0.39 is 5.82 Å². The molecule has 0 bridgehead atoms. The maximum atomic E-state index is 13.8. The van der Waals surface area contributed by atoms with E-state index in [9.17, 15) is 9.18 Å². The van der Waals surface area contributed by atoms with Crippen molar-refractivity contribution in [1.29, 1.82) is 0 Å². The minimum atomic E-state index is -0.413. The predicted molar refractivity (Wildman–Crippen MR) is 92.8 cm³/mol. The highest BCUT2D eigenvalue weighted by Gasteiger charge is 2.20. The molecule has 0 unspecified atom stereocenters. The number of para-hydroxylation sites is 1. The molecule has 1 aromatic heterocycles. The number of carbonyl (C=O) groups excluding carboxylic acids is 1. The van der Waals surface area contributed by atoms with E-state index >= 15 is 0 Å². The molecule has 0 radical (unpaired) electrons. The van der Waals surface area contributed by atoms with Crippen molar-refractivity contribution in [2.24, 2.45) is 0 Å². The Morgan fingerprint density at radius 1 is 1.28 bits per heavy atom. The molecule has 2 aromatic rings. The van der Waals surface area contributed by atoms with Gasteiger partial charge in [0, 0.05) is 44.4 Å². The van der Waals surface area contributed by atoms with E-state index in [0.717, 1.165) is 31.5 Å². The number of carbonyl (C=O) groups is 1. The Balaban J connectivity index is 1.60. The van der Waals surface area contributed by atoms with E-state index in [0.29, 0.717) is 18.5 Å². The summed E-state index contributed by atoms with van der Waals surface area (Å²) in [6.45, 7) is 3.75. The molecule has 1 amide bonds. The molecule has 6 heteroatoms. The summed E-state index contributed by atoms with van der Waals surface area (Å²) in [5.74, 6) is 0.286. The van der Waals surface area contributed by atoms with Crippen molar-refractivity contribution in [2.45, 2.75) is 32.4 Å². The Kier molecular flexibility index (Phi) is 5.60. The minimum absolute atomic E-state index is 0.131. The second-order valence-corrected chi connectivity index (χ2v) is 6.16. The number of nitrogens with zero attached hydrogens (tertiary/aromatic N) is 2. The smallest absolute Gasteiger partial charge is 0.223 e. The Morgan fingerprint density at radius 3 is 2.76 bits per heavy atom. The molecule has 25 heavy (non-hydrogen) atoms. The van der Waals surface area contributed by atoms with Gasteiger partial charge in [-0.2, -0.15) is 0 Å². The standard InChI is InChI=1S/C19H22FN3O2/c1-14(24)23-11-8-16(9-12-23)22-13-15-5-4-10-21-19(15)25-18-7-3-2-6-17(18)20/h2-7,10,16,22H,8-9,11-13H2,1H3. The molecule has 0 atom stereocenters. The fourth-order valence-corrected chi connectivity index (χ4v) is 2.94. The molecular weight excluding hydrogens is 321 g/mol. The molecule has 1 fully saturated rings. The summed E-state index contributed by atoms with van der Waals surface area (Å²) in [5, 5.41) is 3.49. The van der Waals surface area contributed by atoms with Gasteiger partial charge >= 0.3 is 0 Å². The first-order chi connectivity index (χ1) is 12.1. The average Bonchev–Trinajstić information content (AvgIpc) is 2.63. The molecule has 3 rings (SSSR count). The zero-order valence-corrected chi connectivity index (χ0v) is 14.2. The summed E-state index contributed by atoms with van der Waals surface area (Å²) >= 11 is 0. The molecule has 0 spiro atoms. The van der Waals surface area contributed by atoms with Crippen LogP contribution in [0.2, 0.25) is 0 Å². The van der Waals surface area contributed by atoms with Crippen LogP contribution in [0.1, 0.15) is 25.3 Å². The third-order valence-corrected chi connectivity index (χ3v) is 4.41. The van der Waals surface area contributed by atoms with Crippen LogP contribution in [0.4, 0.5) is 4.39 Å². The van der Waals surface area contributed by atoms with Gasteiger partial charge in [0.05, 0.1) is 0 Å². The number of aromatic nitrogens is 1. The van der Waals surface area contributed by atoms with Gasteiger partial charge in [-0.3, -0.25) is 4.79 Å². The zero-order chi connectivity index (χ0) is 17.6. The number of hydrogen-bond acceptors (Lipinski definition) is 4. The highest BCUT2D eigenvalue weighted by atomic mass is 19.1. The fourth-order valence-electron chi connectivity index (χ4n) is 2.94. The lowest BCUT2D eigenvalue weighted by atomic mass is 10.0. The highest BCUT2D eigenvalue weighted by molar-refractivity contribution is 5.73. The van der Waals surface area contributed by atoms with E-state index in [1.165, 1.54) is 6.07 Å². The van der Waals surface area contributed by atoms with E-state index in [4.69, 9.17) is 4.74 Å². The number of hydrogen-bond donors (Lipinski definition) is 1. The van der Waals surface area contributed by atoms with Gasteiger partial charge in [-0.25, -0.2) is 9.37 Å². The molecule has 1 N–H and O–H groups in total. The third kappa shape index (κ3) is 4.54. The highest BCUT2D eigenvalue weighted by Crippen LogP contribution is 2.25. The number of ether oxygens (including phenoxy) is 1. The lowest BCUT2D eigenvalue weighted by Crippen LogP contribution is -2.43. The van der Waals surface area contributed by atoms with E-state index in [1.54, 1.807) is 31.3 Å². The Hall–Kier alpha value is -2.47. The molecule has 0 saturated carbocycles. The van der Waals surface area contributed by atoms with Crippen LogP contribution in [-0.4, -0.2) is 34.9 Å². The third-order valence-electron chi connectivity index (χ3n) is 4.41. The van der Waals surface area contributed by atoms with E-state index in [2.05, 4.69) is 10.3 Å². The largest absolute Gasteiger partial charge is 0.436 e. The van der Waals surface area contributed by atoms with Crippen LogP contribution in [0, 0.1) is 5.82 Å². The van der Waals surface area contributed by atoms with Gasteiger partial charge in [0.2, 0.25) is 11.8 Å². The summed E-state index contributed by atoms with van der Waals surface area (Å²) in [6.07, 6.45) is 3.47. The van der Waals surface area contributed by atoms with Crippen LogP contribution in [0.15, 0.2) is 42.6 Å². The number of piperidine rings is 1. The monoisotopic (exact) mass is 343 g/mol. The summed E-state index contributed by atoms with van der Waals surface area (Å²) < 4.78 is 19.4. The number of pyridine rings is 1. The normalized spacial score (nSPS) is 15.2. The number of benzene rings is 1.